The number of carbonyl (C=O) groups excluding carboxylic acids is 1. The minimum Gasteiger partial charge on any atom is -0.342 e. The Kier molecular flexibility index (Phi) is 7.71. The smallest absolute Gasteiger partial charge is 0.225 e. The van der Waals surface area contributed by atoms with Crippen molar-refractivity contribution in [3.8, 4) is 0 Å². The molecule has 1 N–H and O–H groups in total. The first-order chi connectivity index (χ1) is 10.7. The summed E-state index contributed by atoms with van der Waals surface area (Å²) in [6, 6.07) is 0. The molecule has 22 heavy (non-hydrogen) atoms. The predicted molar refractivity (Wildman–Crippen MR) is 92.8 cm³/mol. The van der Waals surface area contributed by atoms with Gasteiger partial charge in [-0.05, 0) is 51.1 Å². The molecule has 1 aliphatic carbocycles. The van der Waals surface area contributed by atoms with Gasteiger partial charge in [-0.1, -0.05) is 45.4 Å². The topological polar surface area (TPSA) is 32.3 Å². The molecule has 2 fully saturated rings. The number of hydrogen-bond acceptors (Lipinski definition) is 2. The number of rotatable bonds is 7. The number of piperidine rings is 1. The van der Waals surface area contributed by atoms with Crippen molar-refractivity contribution in [2.45, 2.75) is 71.1 Å². The molecule has 2 rings (SSSR count). The third-order valence-corrected chi connectivity index (χ3v) is 5.65. The lowest BCUT2D eigenvalue weighted by Crippen LogP contribution is -2.45. The minimum absolute atomic E-state index is 0.293. The van der Waals surface area contributed by atoms with Crippen molar-refractivity contribution in [2.75, 3.05) is 26.7 Å². The summed E-state index contributed by atoms with van der Waals surface area (Å²) in [5.41, 5.74) is 0. The second-order valence-electron chi connectivity index (χ2n) is 7.58. The minimum atomic E-state index is 0.293. The molecular formula is C19H36N2O. The van der Waals surface area contributed by atoms with Gasteiger partial charge >= 0.3 is 0 Å². The van der Waals surface area contributed by atoms with E-state index in [1.54, 1.807) is 0 Å². The van der Waals surface area contributed by atoms with Gasteiger partial charge in [0.15, 0.2) is 0 Å². The third kappa shape index (κ3) is 5.26. The van der Waals surface area contributed by atoms with Crippen LogP contribution in [0.25, 0.3) is 0 Å². The van der Waals surface area contributed by atoms with Crippen molar-refractivity contribution in [1.82, 2.24) is 10.2 Å². The molecule has 1 saturated heterocycles. The number of nitrogens with one attached hydrogen (secondary N) is 1. The Hall–Kier alpha value is -0.570. The maximum Gasteiger partial charge on any atom is 0.225 e. The molecule has 2 aliphatic rings. The maximum absolute atomic E-state index is 13.0. The highest BCUT2D eigenvalue weighted by Crippen LogP contribution is 2.32. The number of likely N-dealkylation sites (tertiary alicyclic amines) is 1. The van der Waals surface area contributed by atoms with E-state index in [-0.39, 0.29) is 0 Å². The van der Waals surface area contributed by atoms with Crippen LogP contribution in [0.2, 0.25) is 0 Å². The molecule has 2 unspecified atom stereocenters. The van der Waals surface area contributed by atoms with Gasteiger partial charge in [0.05, 0.1) is 0 Å². The zero-order valence-electron chi connectivity index (χ0n) is 14.8. The average molecular weight is 309 g/mol. The van der Waals surface area contributed by atoms with Crippen molar-refractivity contribution in [3.63, 3.8) is 0 Å². The molecule has 1 amide bonds. The maximum atomic E-state index is 13.0. The van der Waals surface area contributed by atoms with Crippen LogP contribution in [-0.2, 0) is 4.79 Å². The van der Waals surface area contributed by atoms with Gasteiger partial charge in [0.25, 0.3) is 0 Å². The number of amides is 1. The van der Waals surface area contributed by atoms with Gasteiger partial charge in [0, 0.05) is 19.0 Å². The molecule has 0 radical (unpaired) electrons. The third-order valence-electron chi connectivity index (χ3n) is 5.65. The van der Waals surface area contributed by atoms with Gasteiger partial charge < -0.3 is 10.2 Å². The zero-order chi connectivity index (χ0) is 15.8. The lowest BCUT2D eigenvalue weighted by atomic mass is 9.81. The molecule has 0 aromatic rings. The van der Waals surface area contributed by atoms with Crippen LogP contribution < -0.4 is 5.32 Å². The molecule has 2 atom stereocenters. The van der Waals surface area contributed by atoms with E-state index in [9.17, 15) is 4.79 Å². The molecule has 0 aromatic carbocycles. The summed E-state index contributed by atoms with van der Waals surface area (Å²) in [6.45, 7) is 5.24. The summed E-state index contributed by atoms with van der Waals surface area (Å²) in [6.07, 6.45) is 12.7. The molecule has 1 aliphatic heterocycles. The highest BCUT2D eigenvalue weighted by Gasteiger charge is 2.30. The number of hydrogen-bond donors (Lipinski definition) is 1. The van der Waals surface area contributed by atoms with Crippen molar-refractivity contribution >= 4 is 5.91 Å². The SMILES string of the molecule is CCCC(CC1CCCCC1)C(=O)N1CCCC(CNC)C1. The van der Waals surface area contributed by atoms with Gasteiger partial charge in [-0.25, -0.2) is 0 Å². The fourth-order valence-corrected chi connectivity index (χ4v) is 4.49. The van der Waals surface area contributed by atoms with E-state index in [2.05, 4.69) is 17.1 Å². The highest BCUT2D eigenvalue weighted by molar-refractivity contribution is 5.79. The normalized spacial score (nSPS) is 25.2. The molecule has 0 spiro atoms. The van der Waals surface area contributed by atoms with Gasteiger partial charge in [-0.15, -0.1) is 0 Å². The van der Waals surface area contributed by atoms with Gasteiger partial charge in [-0.2, -0.15) is 0 Å². The molecule has 0 aromatic heterocycles. The Morgan fingerprint density at radius 1 is 1.14 bits per heavy atom. The predicted octanol–water partition coefficient (Wildman–Crippen LogP) is 3.83. The van der Waals surface area contributed by atoms with E-state index in [1.165, 1.54) is 44.9 Å². The molecule has 1 heterocycles. The van der Waals surface area contributed by atoms with Gasteiger partial charge in [0.2, 0.25) is 5.91 Å². The standard InChI is InChI=1S/C19H36N2O/c1-3-8-18(13-16-9-5-4-6-10-16)19(22)21-12-7-11-17(15-21)14-20-2/h16-18,20H,3-15H2,1-2H3. The molecule has 0 bridgehead atoms. The summed E-state index contributed by atoms with van der Waals surface area (Å²) in [5, 5.41) is 3.28. The van der Waals surface area contributed by atoms with Crippen LogP contribution in [0.1, 0.15) is 71.1 Å². The molecule has 3 heteroatoms. The summed E-state index contributed by atoms with van der Waals surface area (Å²) in [4.78, 5) is 15.2. The van der Waals surface area contributed by atoms with Crippen LogP contribution >= 0.6 is 0 Å². The van der Waals surface area contributed by atoms with Crippen molar-refractivity contribution in [2.24, 2.45) is 17.8 Å². The molecule has 3 nitrogen and oxygen atoms in total. The monoisotopic (exact) mass is 308 g/mol. The van der Waals surface area contributed by atoms with Crippen molar-refractivity contribution in [3.05, 3.63) is 0 Å². The summed E-state index contributed by atoms with van der Waals surface area (Å²) in [5.74, 6) is 2.22. The van der Waals surface area contributed by atoms with Crippen LogP contribution in [0.3, 0.4) is 0 Å². The number of nitrogens with zero attached hydrogens (tertiary/aromatic N) is 1. The van der Waals surface area contributed by atoms with Crippen molar-refractivity contribution < 1.29 is 4.79 Å². The largest absolute Gasteiger partial charge is 0.342 e. The first kappa shape index (κ1) is 17.8. The lowest BCUT2D eigenvalue weighted by molar-refractivity contribution is -0.138. The van der Waals surface area contributed by atoms with Gasteiger partial charge in [0.1, 0.15) is 0 Å². The fraction of sp³-hybridized carbons (Fsp3) is 0.947. The van der Waals surface area contributed by atoms with Crippen LogP contribution in [0.4, 0.5) is 0 Å². The van der Waals surface area contributed by atoms with Gasteiger partial charge in [-0.3, -0.25) is 4.79 Å². The van der Waals surface area contributed by atoms with E-state index in [0.29, 0.717) is 17.7 Å². The van der Waals surface area contributed by atoms with E-state index < -0.39 is 0 Å². The Balaban J connectivity index is 1.89. The van der Waals surface area contributed by atoms with Crippen molar-refractivity contribution in [1.29, 1.82) is 0 Å². The summed E-state index contributed by atoms with van der Waals surface area (Å²) in [7, 11) is 2.02. The lowest BCUT2D eigenvalue weighted by Gasteiger charge is -2.36. The quantitative estimate of drug-likeness (QED) is 0.775. The first-order valence-corrected chi connectivity index (χ1v) is 9.68. The fourth-order valence-electron chi connectivity index (χ4n) is 4.49. The zero-order valence-corrected chi connectivity index (χ0v) is 14.8. The Morgan fingerprint density at radius 2 is 1.86 bits per heavy atom. The molecular weight excluding hydrogens is 272 g/mol. The Morgan fingerprint density at radius 3 is 2.55 bits per heavy atom. The Labute approximate surface area is 137 Å². The van der Waals surface area contributed by atoms with Crippen LogP contribution in [0.5, 0.6) is 0 Å². The van der Waals surface area contributed by atoms with Crippen LogP contribution in [0.15, 0.2) is 0 Å². The highest BCUT2D eigenvalue weighted by atomic mass is 16.2. The van der Waals surface area contributed by atoms with E-state index >= 15 is 0 Å². The van der Waals surface area contributed by atoms with Crippen LogP contribution in [-0.4, -0.2) is 37.5 Å². The number of carbonyl (C=O) groups is 1. The first-order valence-electron chi connectivity index (χ1n) is 9.68. The second kappa shape index (κ2) is 9.54. The van der Waals surface area contributed by atoms with Crippen LogP contribution in [0, 0.1) is 17.8 Å². The summed E-state index contributed by atoms with van der Waals surface area (Å²) < 4.78 is 0. The van der Waals surface area contributed by atoms with E-state index in [0.717, 1.165) is 44.8 Å². The van der Waals surface area contributed by atoms with E-state index in [1.807, 2.05) is 7.05 Å². The Bertz CT molecular complexity index is 323. The molecule has 1 saturated carbocycles. The molecule has 128 valence electrons. The van der Waals surface area contributed by atoms with E-state index in [4.69, 9.17) is 0 Å². The summed E-state index contributed by atoms with van der Waals surface area (Å²) >= 11 is 0. The second-order valence-corrected chi connectivity index (χ2v) is 7.58. The average Bonchev–Trinajstić information content (AvgIpc) is 2.55.